The summed E-state index contributed by atoms with van der Waals surface area (Å²) in [5.74, 6) is 5.95. The summed E-state index contributed by atoms with van der Waals surface area (Å²) in [5, 5.41) is 9.56. The highest BCUT2D eigenvalue weighted by Crippen LogP contribution is 2.20. The number of rotatable bonds is 4. The Kier molecular flexibility index (Phi) is 5.81. The average molecular weight is 262 g/mol. The summed E-state index contributed by atoms with van der Waals surface area (Å²) >= 11 is 0. The molecule has 1 heterocycles. The summed E-state index contributed by atoms with van der Waals surface area (Å²) in [5.41, 5.74) is 8.10. The predicted molar refractivity (Wildman–Crippen MR) is 78.3 cm³/mol. The summed E-state index contributed by atoms with van der Waals surface area (Å²) < 4.78 is 1.76. The molecule has 104 valence electrons. The Balaban J connectivity index is 0.000000861. The lowest BCUT2D eigenvalue weighted by molar-refractivity contribution is 0.626. The van der Waals surface area contributed by atoms with Gasteiger partial charge in [0.05, 0.1) is 24.1 Å². The van der Waals surface area contributed by atoms with Crippen molar-refractivity contribution in [1.82, 2.24) is 15.0 Å². The van der Waals surface area contributed by atoms with E-state index in [1.165, 1.54) is 0 Å². The lowest BCUT2D eigenvalue weighted by Gasteiger charge is -2.18. The van der Waals surface area contributed by atoms with Gasteiger partial charge >= 0.3 is 0 Å². The molecule has 0 aliphatic rings. The van der Waals surface area contributed by atoms with Crippen molar-refractivity contribution in [3.63, 3.8) is 0 Å². The zero-order valence-electron chi connectivity index (χ0n) is 11.7. The third-order valence-corrected chi connectivity index (χ3v) is 2.49. The van der Waals surface area contributed by atoms with E-state index >= 15 is 0 Å². The molecule has 1 aromatic carbocycles. The highest BCUT2D eigenvalue weighted by molar-refractivity contribution is 5.66. The van der Waals surface area contributed by atoms with Crippen molar-refractivity contribution in [2.75, 3.05) is 10.7 Å². The molecule has 0 saturated carbocycles. The van der Waals surface area contributed by atoms with Gasteiger partial charge in [0.2, 0.25) is 0 Å². The van der Waals surface area contributed by atoms with Crippen LogP contribution >= 0.6 is 0 Å². The number of nitrogen functional groups attached to an aromatic ring is 1. The van der Waals surface area contributed by atoms with Crippen LogP contribution in [0, 0.1) is 0 Å². The first-order valence-electron chi connectivity index (χ1n) is 6.46. The number of nitrogens with zero attached hydrogens (tertiary/aromatic N) is 4. The van der Waals surface area contributed by atoms with Gasteiger partial charge in [-0.25, -0.2) is 5.84 Å². The van der Waals surface area contributed by atoms with E-state index in [0.29, 0.717) is 12.2 Å². The Morgan fingerprint density at radius 2 is 1.95 bits per heavy atom. The Morgan fingerprint density at radius 1 is 1.26 bits per heavy atom. The smallest absolute Gasteiger partial charge is 0.104 e. The van der Waals surface area contributed by atoms with Gasteiger partial charge in [0.1, 0.15) is 5.69 Å². The Bertz CT molecular complexity index is 493. The van der Waals surface area contributed by atoms with Crippen LogP contribution in [-0.4, -0.2) is 15.0 Å². The van der Waals surface area contributed by atoms with Crippen LogP contribution in [0.15, 0.2) is 30.5 Å². The molecule has 2 aromatic rings. The van der Waals surface area contributed by atoms with Crippen molar-refractivity contribution >= 4 is 11.4 Å². The van der Waals surface area contributed by atoms with Crippen molar-refractivity contribution in [3.8, 4) is 0 Å². The van der Waals surface area contributed by atoms with Crippen LogP contribution in [0.2, 0.25) is 0 Å². The van der Waals surface area contributed by atoms with Crippen LogP contribution in [0.25, 0.3) is 0 Å². The lowest BCUT2D eigenvalue weighted by atomic mass is 10.2. The number of nitrogens with two attached hydrogens (primary N) is 2. The molecule has 0 saturated heterocycles. The summed E-state index contributed by atoms with van der Waals surface area (Å²) in [6.45, 7) is 7.28. The molecule has 1 aromatic heterocycles. The normalized spacial score (nSPS) is 9.68. The predicted octanol–water partition coefficient (Wildman–Crippen LogP) is 1.79. The molecule has 0 bridgehead atoms. The molecule has 0 aliphatic heterocycles. The molecule has 0 amide bonds. The van der Waals surface area contributed by atoms with Gasteiger partial charge in [0, 0.05) is 6.54 Å². The number of anilines is 2. The minimum atomic E-state index is 0.480. The molecule has 6 nitrogen and oxygen atoms in total. The van der Waals surface area contributed by atoms with Gasteiger partial charge < -0.3 is 10.7 Å². The molecule has 0 unspecified atom stereocenters. The Hall–Kier alpha value is -2.08. The summed E-state index contributed by atoms with van der Waals surface area (Å²) in [6, 6.07) is 7.46. The first-order valence-corrected chi connectivity index (χ1v) is 6.46. The number of hydrogen-bond acceptors (Lipinski definition) is 5. The SMILES string of the molecule is CC.CCn1cc(CN(N)c2ccccc2N)nn1. The van der Waals surface area contributed by atoms with E-state index in [0.717, 1.165) is 17.9 Å². The fraction of sp³-hybridized carbons (Fsp3) is 0.385. The number of aryl methyl sites for hydroxylation is 1. The minimum Gasteiger partial charge on any atom is -0.397 e. The molecule has 0 radical (unpaired) electrons. The van der Waals surface area contributed by atoms with Crippen molar-refractivity contribution in [2.24, 2.45) is 5.84 Å². The molecule has 0 aliphatic carbocycles. The largest absolute Gasteiger partial charge is 0.397 e. The zero-order chi connectivity index (χ0) is 14.3. The van der Waals surface area contributed by atoms with Gasteiger partial charge in [0.15, 0.2) is 0 Å². The van der Waals surface area contributed by atoms with Crippen LogP contribution in [0.1, 0.15) is 26.5 Å². The molecule has 2 rings (SSSR count). The molecule has 4 N–H and O–H groups in total. The lowest BCUT2D eigenvalue weighted by Crippen LogP contribution is -2.30. The topological polar surface area (TPSA) is 86.0 Å². The molecular weight excluding hydrogens is 240 g/mol. The third-order valence-electron chi connectivity index (χ3n) is 2.49. The number of aromatic nitrogens is 3. The third kappa shape index (κ3) is 3.96. The second kappa shape index (κ2) is 7.38. The summed E-state index contributed by atoms with van der Waals surface area (Å²) in [4.78, 5) is 0. The first-order chi connectivity index (χ1) is 9.20. The van der Waals surface area contributed by atoms with E-state index in [-0.39, 0.29) is 0 Å². The van der Waals surface area contributed by atoms with Crippen LogP contribution in [0.3, 0.4) is 0 Å². The Morgan fingerprint density at radius 3 is 2.53 bits per heavy atom. The molecule has 19 heavy (non-hydrogen) atoms. The van der Waals surface area contributed by atoms with Gasteiger partial charge in [-0.15, -0.1) is 5.10 Å². The summed E-state index contributed by atoms with van der Waals surface area (Å²) in [6.07, 6.45) is 1.87. The Labute approximate surface area is 114 Å². The number of para-hydroxylation sites is 2. The maximum absolute atomic E-state index is 5.95. The first kappa shape index (κ1) is 15.0. The fourth-order valence-corrected chi connectivity index (χ4v) is 1.57. The number of hydrazine groups is 1. The highest BCUT2D eigenvalue weighted by atomic mass is 15.4. The molecular formula is C13H22N6. The van der Waals surface area contributed by atoms with Crippen molar-refractivity contribution in [2.45, 2.75) is 33.9 Å². The molecule has 0 spiro atoms. The summed E-state index contributed by atoms with van der Waals surface area (Å²) in [7, 11) is 0. The maximum atomic E-state index is 5.95. The van der Waals surface area contributed by atoms with Crippen molar-refractivity contribution < 1.29 is 0 Å². The van der Waals surface area contributed by atoms with Gasteiger partial charge in [-0.1, -0.05) is 31.2 Å². The standard InChI is InChI=1S/C11H16N6.C2H6/c1-2-16-7-9(14-15-16)8-17(13)11-6-4-3-5-10(11)12;1-2/h3-7H,2,8,12-13H2,1H3;1-2H3. The minimum absolute atomic E-state index is 0.480. The van der Waals surface area contributed by atoms with Crippen molar-refractivity contribution in [3.05, 3.63) is 36.2 Å². The zero-order valence-corrected chi connectivity index (χ0v) is 11.7. The molecule has 0 atom stereocenters. The van der Waals surface area contributed by atoms with Gasteiger partial charge in [0.25, 0.3) is 0 Å². The van der Waals surface area contributed by atoms with Crippen LogP contribution < -0.4 is 16.6 Å². The van der Waals surface area contributed by atoms with E-state index in [1.807, 2.05) is 51.2 Å². The van der Waals surface area contributed by atoms with Crippen LogP contribution in [0.5, 0.6) is 0 Å². The van der Waals surface area contributed by atoms with Crippen LogP contribution in [0.4, 0.5) is 11.4 Å². The maximum Gasteiger partial charge on any atom is 0.104 e. The number of benzene rings is 1. The quantitative estimate of drug-likeness (QED) is 0.498. The number of hydrogen-bond donors (Lipinski definition) is 2. The van der Waals surface area contributed by atoms with Gasteiger partial charge in [-0.2, -0.15) is 0 Å². The second-order valence-electron chi connectivity index (χ2n) is 3.75. The van der Waals surface area contributed by atoms with Crippen LogP contribution in [-0.2, 0) is 13.1 Å². The second-order valence-corrected chi connectivity index (χ2v) is 3.75. The van der Waals surface area contributed by atoms with E-state index in [2.05, 4.69) is 10.3 Å². The molecule has 6 heteroatoms. The van der Waals surface area contributed by atoms with E-state index < -0.39 is 0 Å². The van der Waals surface area contributed by atoms with E-state index in [9.17, 15) is 0 Å². The fourth-order valence-electron chi connectivity index (χ4n) is 1.57. The molecule has 0 fully saturated rings. The highest BCUT2D eigenvalue weighted by Gasteiger charge is 2.08. The van der Waals surface area contributed by atoms with E-state index in [1.54, 1.807) is 9.69 Å². The monoisotopic (exact) mass is 262 g/mol. The van der Waals surface area contributed by atoms with E-state index in [4.69, 9.17) is 11.6 Å². The average Bonchev–Trinajstić information content (AvgIpc) is 2.89. The van der Waals surface area contributed by atoms with Gasteiger partial charge in [-0.05, 0) is 19.1 Å². The van der Waals surface area contributed by atoms with Crippen molar-refractivity contribution in [1.29, 1.82) is 0 Å². The van der Waals surface area contributed by atoms with Gasteiger partial charge in [-0.3, -0.25) is 4.68 Å².